The van der Waals surface area contributed by atoms with E-state index in [0.717, 1.165) is 35.8 Å². The van der Waals surface area contributed by atoms with Gasteiger partial charge < -0.3 is 5.32 Å². The van der Waals surface area contributed by atoms with E-state index in [1.807, 2.05) is 12.1 Å². The van der Waals surface area contributed by atoms with E-state index in [2.05, 4.69) is 22.3 Å². The van der Waals surface area contributed by atoms with Crippen molar-refractivity contribution in [2.24, 2.45) is 0 Å². The first kappa shape index (κ1) is 25.1. The minimum absolute atomic E-state index is 0.0861. The van der Waals surface area contributed by atoms with Gasteiger partial charge in [0.25, 0.3) is 0 Å². The molecule has 0 aromatic heterocycles. The molecule has 2 aromatic carbocycles. The van der Waals surface area contributed by atoms with E-state index in [0.29, 0.717) is 6.54 Å². The molecule has 0 bridgehead atoms. The van der Waals surface area contributed by atoms with Crippen LogP contribution >= 0.6 is 34.8 Å². The summed E-state index contributed by atoms with van der Waals surface area (Å²) in [6.45, 7) is 2.97. The molecule has 0 atom stereocenters. The summed E-state index contributed by atoms with van der Waals surface area (Å²) in [5, 5.41) is 3.21. The first-order valence-electron chi connectivity index (χ1n) is 10.3. The van der Waals surface area contributed by atoms with Gasteiger partial charge in [0.15, 0.2) is 0 Å². The zero-order valence-corrected chi connectivity index (χ0v) is 20.9. The highest BCUT2D eigenvalue weighted by Crippen LogP contribution is 2.35. The summed E-state index contributed by atoms with van der Waals surface area (Å²) < 4.78 is 25.6. The van der Waals surface area contributed by atoms with E-state index in [-0.39, 0.29) is 20.8 Å². The number of halogens is 3. The van der Waals surface area contributed by atoms with Gasteiger partial charge in [0, 0.05) is 13.1 Å². The van der Waals surface area contributed by atoms with E-state index in [4.69, 9.17) is 34.8 Å². The second kappa shape index (κ2) is 11.1. The molecule has 1 aliphatic rings. The fourth-order valence-electron chi connectivity index (χ4n) is 3.68. The number of piperidine rings is 1. The molecule has 0 spiro atoms. The summed E-state index contributed by atoms with van der Waals surface area (Å²) in [7, 11) is -3.79. The van der Waals surface area contributed by atoms with Gasteiger partial charge in [-0.15, -0.1) is 0 Å². The van der Waals surface area contributed by atoms with Gasteiger partial charge in [-0.25, -0.2) is 8.42 Å². The van der Waals surface area contributed by atoms with Gasteiger partial charge in [0.2, 0.25) is 15.9 Å². The molecule has 1 fully saturated rings. The van der Waals surface area contributed by atoms with Crippen LogP contribution in [0.5, 0.6) is 0 Å². The minimum atomic E-state index is -3.79. The van der Waals surface area contributed by atoms with Crippen molar-refractivity contribution in [3.05, 3.63) is 62.6 Å². The third kappa shape index (κ3) is 6.99. The molecule has 6 nitrogen and oxygen atoms in total. The predicted octanol–water partition coefficient (Wildman–Crippen LogP) is 4.72. The number of hydrogen-bond donors (Lipinski definition) is 1. The average Bonchev–Trinajstić information content (AvgIpc) is 2.74. The van der Waals surface area contributed by atoms with Crippen molar-refractivity contribution in [3.8, 4) is 0 Å². The molecule has 1 N–H and O–H groups in total. The van der Waals surface area contributed by atoms with E-state index in [1.54, 1.807) is 0 Å². The maximum Gasteiger partial charge on any atom is 0.241 e. The number of carbonyl (C=O) groups is 1. The van der Waals surface area contributed by atoms with Crippen molar-refractivity contribution in [1.29, 1.82) is 0 Å². The van der Waals surface area contributed by atoms with Crippen LogP contribution in [0.1, 0.15) is 30.4 Å². The Balaban J connectivity index is 1.65. The van der Waals surface area contributed by atoms with Crippen LogP contribution in [0.2, 0.25) is 15.1 Å². The molecule has 32 heavy (non-hydrogen) atoms. The number of amides is 1. The fourth-order valence-corrected chi connectivity index (χ4v) is 5.24. The Morgan fingerprint density at radius 1 is 1.00 bits per heavy atom. The second-order valence-electron chi connectivity index (χ2n) is 7.92. The number of hydrogen-bond acceptors (Lipinski definition) is 4. The Labute approximate surface area is 204 Å². The van der Waals surface area contributed by atoms with E-state index in [9.17, 15) is 13.2 Å². The third-order valence-corrected chi connectivity index (χ3v) is 7.43. The average molecular weight is 519 g/mol. The summed E-state index contributed by atoms with van der Waals surface area (Å²) in [6.07, 6.45) is 4.76. The molecular weight excluding hydrogens is 493 g/mol. The van der Waals surface area contributed by atoms with Gasteiger partial charge in [0.05, 0.1) is 27.0 Å². The molecular formula is C22H26Cl3N3O3S. The molecule has 3 rings (SSSR count). The zero-order valence-electron chi connectivity index (χ0n) is 17.8. The van der Waals surface area contributed by atoms with Gasteiger partial charge >= 0.3 is 0 Å². The number of anilines is 1. The van der Waals surface area contributed by atoms with Crippen LogP contribution in [0.4, 0.5) is 5.69 Å². The van der Waals surface area contributed by atoms with Crippen molar-refractivity contribution in [2.75, 3.05) is 30.2 Å². The van der Waals surface area contributed by atoms with Gasteiger partial charge in [-0.05, 0) is 49.2 Å². The molecule has 0 aliphatic carbocycles. The standard InChI is InChI=1S/C22H26Cl3N3O3S/c1-32(30,31)28(21-12-19(24)18(23)11-20(21)25)15-22(29)26-13-16-6-5-7-17(10-16)14-27-8-3-2-4-9-27/h5-7,10-12H,2-4,8-9,13-15H2,1H3,(H,26,29). The first-order chi connectivity index (χ1) is 15.1. The Bertz CT molecular complexity index is 1070. The molecule has 174 valence electrons. The van der Waals surface area contributed by atoms with Crippen molar-refractivity contribution < 1.29 is 13.2 Å². The number of nitrogens with one attached hydrogen (secondary N) is 1. The number of benzene rings is 2. The zero-order chi connectivity index (χ0) is 23.3. The van der Waals surface area contributed by atoms with Gasteiger partial charge in [-0.2, -0.15) is 0 Å². The maximum atomic E-state index is 12.6. The Kier molecular flexibility index (Phi) is 8.69. The normalized spacial score (nSPS) is 14.9. The lowest BCUT2D eigenvalue weighted by atomic mass is 10.1. The molecule has 1 saturated heterocycles. The van der Waals surface area contributed by atoms with Crippen molar-refractivity contribution in [1.82, 2.24) is 10.2 Å². The van der Waals surface area contributed by atoms with Crippen LogP contribution in [0, 0.1) is 0 Å². The fraction of sp³-hybridized carbons (Fsp3) is 0.409. The Morgan fingerprint density at radius 2 is 1.66 bits per heavy atom. The predicted molar refractivity (Wildman–Crippen MR) is 131 cm³/mol. The van der Waals surface area contributed by atoms with Crippen molar-refractivity contribution in [3.63, 3.8) is 0 Å². The summed E-state index contributed by atoms with van der Waals surface area (Å²) in [6, 6.07) is 10.7. The maximum absolute atomic E-state index is 12.6. The topological polar surface area (TPSA) is 69.7 Å². The summed E-state index contributed by atoms with van der Waals surface area (Å²) in [5.74, 6) is -0.459. The van der Waals surface area contributed by atoms with E-state index in [1.165, 1.54) is 37.0 Å². The molecule has 1 aliphatic heterocycles. The quantitative estimate of drug-likeness (QED) is 0.514. The Morgan fingerprint density at radius 3 is 2.34 bits per heavy atom. The lowest BCUT2D eigenvalue weighted by molar-refractivity contribution is -0.119. The molecule has 0 saturated carbocycles. The second-order valence-corrected chi connectivity index (χ2v) is 11.0. The monoisotopic (exact) mass is 517 g/mol. The van der Waals surface area contributed by atoms with E-state index < -0.39 is 22.5 Å². The highest BCUT2D eigenvalue weighted by Gasteiger charge is 2.24. The number of sulfonamides is 1. The summed E-state index contributed by atoms with van der Waals surface area (Å²) >= 11 is 18.1. The third-order valence-electron chi connectivity index (χ3n) is 5.28. The van der Waals surface area contributed by atoms with Crippen LogP contribution in [-0.2, 0) is 27.9 Å². The lowest BCUT2D eigenvalue weighted by Gasteiger charge is -2.26. The SMILES string of the molecule is CS(=O)(=O)N(CC(=O)NCc1cccc(CN2CCCCC2)c1)c1cc(Cl)c(Cl)cc1Cl. The van der Waals surface area contributed by atoms with Crippen LogP contribution in [0.25, 0.3) is 0 Å². The van der Waals surface area contributed by atoms with Gasteiger partial charge in [0.1, 0.15) is 6.54 Å². The highest BCUT2D eigenvalue weighted by molar-refractivity contribution is 7.92. The first-order valence-corrected chi connectivity index (χ1v) is 13.3. The van der Waals surface area contributed by atoms with Crippen LogP contribution < -0.4 is 9.62 Å². The van der Waals surface area contributed by atoms with Crippen molar-refractivity contribution in [2.45, 2.75) is 32.4 Å². The minimum Gasteiger partial charge on any atom is -0.350 e. The molecule has 2 aromatic rings. The largest absolute Gasteiger partial charge is 0.350 e. The molecule has 1 heterocycles. The van der Waals surface area contributed by atoms with Gasteiger partial charge in [-0.3, -0.25) is 14.0 Å². The summed E-state index contributed by atoms with van der Waals surface area (Å²) in [4.78, 5) is 15.0. The number of carbonyl (C=O) groups excluding carboxylic acids is 1. The van der Waals surface area contributed by atoms with Gasteiger partial charge in [-0.1, -0.05) is 65.5 Å². The molecule has 0 unspecified atom stereocenters. The summed E-state index contributed by atoms with van der Waals surface area (Å²) in [5.41, 5.74) is 2.24. The Hall–Kier alpha value is -1.51. The van der Waals surface area contributed by atoms with E-state index >= 15 is 0 Å². The molecule has 1 amide bonds. The van der Waals surface area contributed by atoms with Crippen molar-refractivity contribution >= 4 is 56.4 Å². The highest BCUT2D eigenvalue weighted by atomic mass is 35.5. The number of likely N-dealkylation sites (tertiary alicyclic amines) is 1. The lowest BCUT2D eigenvalue weighted by Crippen LogP contribution is -2.40. The molecule has 10 heteroatoms. The number of rotatable bonds is 8. The smallest absolute Gasteiger partial charge is 0.241 e. The van der Waals surface area contributed by atoms with Crippen LogP contribution in [0.3, 0.4) is 0 Å². The molecule has 0 radical (unpaired) electrons. The number of nitrogens with zero attached hydrogens (tertiary/aromatic N) is 2. The van der Waals surface area contributed by atoms with Crippen LogP contribution in [0.15, 0.2) is 36.4 Å². The van der Waals surface area contributed by atoms with Crippen LogP contribution in [-0.4, -0.2) is 45.1 Å².